The van der Waals surface area contributed by atoms with Gasteiger partial charge in [-0.2, -0.15) is 0 Å². The van der Waals surface area contributed by atoms with Crippen LogP contribution in [0.1, 0.15) is 18.9 Å². The molecule has 0 N–H and O–H groups in total. The maximum atomic E-state index is 5.56. The fourth-order valence-corrected chi connectivity index (χ4v) is 1.34. The first kappa shape index (κ1) is 12.8. The summed E-state index contributed by atoms with van der Waals surface area (Å²) in [6, 6.07) is 7.73. The molecule has 0 fully saturated rings. The number of ether oxygens (including phenoxy) is 1. The molecule has 1 aromatic carbocycles. The zero-order valence-electron chi connectivity index (χ0n) is 9.57. The van der Waals surface area contributed by atoms with Crippen molar-refractivity contribution < 1.29 is 9.57 Å². The van der Waals surface area contributed by atoms with Gasteiger partial charge in [0.05, 0.1) is 12.3 Å². The monoisotopic (exact) mass is 241 g/mol. The van der Waals surface area contributed by atoms with Crippen molar-refractivity contribution in [1.82, 2.24) is 0 Å². The quantitative estimate of drug-likeness (QED) is 0.332. The SMILES string of the molecule is CO/N=C(\C)c1ccc(OCCCCl)cc1. The zero-order valence-corrected chi connectivity index (χ0v) is 10.3. The highest BCUT2D eigenvalue weighted by Gasteiger charge is 1.99. The van der Waals surface area contributed by atoms with Crippen LogP contribution >= 0.6 is 11.6 Å². The van der Waals surface area contributed by atoms with E-state index < -0.39 is 0 Å². The van der Waals surface area contributed by atoms with Crippen LogP contribution in [-0.4, -0.2) is 25.3 Å². The molecule has 4 heteroatoms. The topological polar surface area (TPSA) is 30.8 Å². The Morgan fingerprint density at radius 3 is 2.56 bits per heavy atom. The van der Waals surface area contributed by atoms with Gasteiger partial charge in [-0.05, 0) is 43.2 Å². The average Bonchev–Trinajstić information content (AvgIpc) is 2.30. The van der Waals surface area contributed by atoms with Gasteiger partial charge in [0.1, 0.15) is 12.9 Å². The Kier molecular flexibility index (Phi) is 5.72. The van der Waals surface area contributed by atoms with Crippen LogP contribution in [0.3, 0.4) is 0 Å². The highest BCUT2D eigenvalue weighted by atomic mass is 35.5. The Morgan fingerprint density at radius 2 is 2.00 bits per heavy atom. The first-order chi connectivity index (χ1) is 7.77. The van der Waals surface area contributed by atoms with E-state index in [0.717, 1.165) is 23.4 Å². The van der Waals surface area contributed by atoms with Crippen molar-refractivity contribution in [1.29, 1.82) is 0 Å². The molecule has 0 atom stereocenters. The van der Waals surface area contributed by atoms with E-state index in [4.69, 9.17) is 21.2 Å². The normalized spacial score (nSPS) is 11.3. The number of halogens is 1. The Morgan fingerprint density at radius 1 is 1.31 bits per heavy atom. The van der Waals surface area contributed by atoms with Crippen LogP contribution in [0.5, 0.6) is 5.75 Å². The van der Waals surface area contributed by atoms with Crippen molar-refractivity contribution in [3.8, 4) is 5.75 Å². The highest BCUT2D eigenvalue weighted by molar-refractivity contribution is 6.17. The molecule has 88 valence electrons. The van der Waals surface area contributed by atoms with Crippen molar-refractivity contribution in [3.05, 3.63) is 29.8 Å². The molecule has 0 saturated carbocycles. The van der Waals surface area contributed by atoms with Crippen molar-refractivity contribution >= 4 is 17.3 Å². The van der Waals surface area contributed by atoms with Gasteiger partial charge >= 0.3 is 0 Å². The number of hydrogen-bond donors (Lipinski definition) is 0. The minimum atomic E-state index is 0.623. The summed E-state index contributed by atoms with van der Waals surface area (Å²) in [6.45, 7) is 2.54. The van der Waals surface area contributed by atoms with Gasteiger partial charge in [-0.25, -0.2) is 0 Å². The molecule has 0 heterocycles. The molecule has 0 radical (unpaired) electrons. The van der Waals surface area contributed by atoms with Crippen LogP contribution < -0.4 is 4.74 Å². The third kappa shape index (κ3) is 4.11. The summed E-state index contributed by atoms with van der Waals surface area (Å²) in [6.07, 6.45) is 0.855. The summed E-state index contributed by atoms with van der Waals surface area (Å²) in [7, 11) is 1.53. The van der Waals surface area contributed by atoms with E-state index in [1.165, 1.54) is 7.11 Å². The molecule has 0 aliphatic carbocycles. The Hall–Kier alpha value is -1.22. The lowest BCUT2D eigenvalue weighted by Crippen LogP contribution is -1.99. The summed E-state index contributed by atoms with van der Waals surface area (Å²) < 4.78 is 5.49. The van der Waals surface area contributed by atoms with E-state index >= 15 is 0 Å². The van der Waals surface area contributed by atoms with Crippen molar-refractivity contribution in [3.63, 3.8) is 0 Å². The summed E-state index contributed by atoms with van der Waals surface area (Å²) in [5.41, 5.74) is 1.86. The fraction of sp³-hybridized carbons (Fsp3) is 0.417. The third-order valence-electron chi connectivity index (χ3n) is 2.05. The fourth-order valence-electron chi connectivity index (χ4n) is 1.23. The molecule has 1 aromatic rings. The lowest BCUT2D eigenvalue weighted by molar-refractivity contribution is 0.213. The zero-order chi connectivity index (χ0) is 11.8. The summed E-state index contributed by atoms with van der Waals surface area (Å²) in [4.78, 5) is 4.71. The lowest BCUT2D eigenvalue weighted by atomic mass is 10.1. The van der Waals surface area contributed by atoms with Gasteiger partial charge < -0.3 is 9.57 Å². The maximum Gasteiger partial charge on any atom is 0.119 e. The van der Waals surface area contributed by atoms with Crippen LogP contribution in [0.4, 0.5) is 0 Å². The van der Waals surface area contributed by atoms with Gasteiger partial charge in [0.25, 0.3) is 0 Å². The Labute approximate surface area is 101 Å². The van der Waals surface area contributed by atoms with Crippen molar-refractivity contribution in [2.45, 2.75) is 13.3 Å². The molecular weight excluding hydrogens is 226 g/mol. The summed E-state index contributed by atoms with van der Waals surface area (Å²) >= 11 is 5.56. The molecule has 0 amide bonds. The van der Waals surface area contributed by atoms with E-state index in [1.54, 1.807) is 0 Å². The van der Waals surface area contributed by atoms with E-state index in [1.807, 2.05) is 31.2 Å². The molecule has 16 heavy (non-hydrogen) atoms. The molecule has 3 nitrogen and oxygen atoms in total. The second-order valence-corrected chi connectivity index (χ2v) is 3.65. The van der Waals surface area contributed by atoms with Crippen LogP contribution in [0.25, 0.3) is 0 Å². The van der Waals surface area contributed by atoms with Gasteiger partial charge in [-0.3, -0.25) is 0 Å². The summed E-state index contributed by atoms with van der Waals surface area (Å²) in [5, 5.41) is 3.86. The van der Waals surface area contributed by atoms with E-state index in [-0.39, 0.29) is 0 Å². The number of hydrogen-bond acceptors (Lipinski definition) is 3. The molecule has 0 aliphatic heterocycles. The van der Waals surface area contributed by atoms with Crippen LogP contribution in [0.2, 0.25) is 0 Å². The second-order valence-electron chi connectivity index (χ2n) is 3.27. The van der Waals surface area contributed by atoms with E-state index in [0.29, 0.717) is 12.5 Å². The molecular formula is C12H16ClNO2. The summed E-state index contributed by atoms with van der Waals surface area (Å²) in [5.74, 6) is 1.47. The molecule has 0 bridgehead atoms. The van der Waals surface area contributed by atoms with Gasteiger partial charge in [0.2, 0.25) is 0 Å². The van der Waals surface area contributed by atoms with E-state index in [9.17, 15) is 0 Å². The minimum absolute atomic E-state index is 0.623. The smallest absolute Gasteiger partial charge is 0.119 e. The predicted octanol–water partition coefficient (Wildman–Crippen LogP) is 3.06. The number of oxime groups is 1. The molecule has 0 aromatic heterocycles. The molecule has 1 rings (SSSR count). The molecule has 0 unspecified atom stereocenters. The van der Waals surface area contributed by atoms with Gasteiger partial charge in [-0.15, -0.1) is 11.6 Å². The van der Waals surface area contributed by atoms with Crippen LogP contribution in [0.15, 0.2) is 29.4 Å². The predicted molar refractivity (Wildman–Crippen MR) is 66.5 cm³/mol. The lowest BCUT2D eigenvalue weighted by Gasteiger charge is -2.05. The minimum Gasteiger partial charge on any atom is -0.494 e. The van der Waals surface area contributed by atoms with Gasteiger partial charge in [-0.1, -0.05) is 5.16 Å². The number of nitrogens with zero attached hydrogens (tertiary/aromatic N) is 1. The second kappa shape index (κ2) is 7.12. The largest absolute Gasteiger partial charge is 0.494 e. The molecule has 0 aliphatic rings. The Bertz CT molecular complexity index is 335. The van der Waals surface area contributed by atoms with Crippen LogP contribution in [-0.2, 0) is 4.84 Å². The van der Waals surface area contributed by atoms with Crippen molar-refractivity contribution in [2.24, 2.45) is 5.16 Å². The van der Waals surface area contributed by atoms with Crippen molar-refractivity contribution in [2.75, 3.05) is 19.6 Å². The first-order valence-corrected chi connectivity index (χ1v) is 5.68. The van der Waals surface area contributed by atoms with Gasteiger partial charge in [0, 0.05) is 5.88 Å². The third-order valence-corrected chi connectivity index (χ3v) is 2.31. The highest BCUT2D eigenvalue weighted by Crippen LogP contribution is 2.13. The molecule has 0 spiro atoms. The molecule has 0 saturated heterocycles. The van der Waals surface area contributed by atoms with E-state index in [2.05, 4.69) is 5.16 Å². The van der Waals surface area contributed by atoms with Crippen LogP contribution in [0, 0.1) is 0 Å². The maximum absolute atomic E-state index is 5.56. The first-order valence-electron chi connectivity index (χ1n) is 5.15. The van der Waals surface area contributed by atoms with Gasteiger partial charge in [0.15, 0.2) is 0 Å². The number of rotatable bonds is 6. The number of alkyl halides is 1. The number of benzene rings is 1. The Balaban J connectivity index is 2.57. The standard InChI is InChI=1S/C12H16ClNO2/c1-10(14-15-2)11-4-6-12(7-5-11)16-9-3-8-13/h4-7H,3,8-9H2,1-2H3/b14-10+. The average molecular weight is 242 g/mol.